The Bertz CT molecular complexity index is 1210. The number of benzene rings is 1. The summed E-state index contributed by atoms with van der Waals surface area (Å²) in [5.74, 6) is -7.39. The second-order valence-electron chi connectivity index (χ2n) is 10.9. The molecular formula is C30H45N5O11. The average Bonchev–Trinajstić information content (AvgIpc) is 2.99. The van der Waals surface area contributed by atoms with Crippen LogP contribution in [0, 0.1) is 5.92 Å². The standard InChI is InChI=1S/C30H45N5O11/c1-5-10-21(36)31-17(4)25(39)34-23(16(3)6-2)28(42)33-20(15-18-11-8-7-9-12-18)27(41)32-19(13-14-22(37)38)26(40)35-24(29(43)44)30(45)46/h7-9,11-12,16-17,19-20,23-24,29,43-44H,5-6,10,13-15H2,1-4H3,(H,31,36)(H,32,41)(H,33,42)(H,34,39)(H,35,40)(H,37,38)(H,45,46)/t16-,17-,19-,20-,23-,24-/m0/s1. The Morgan fingerprint density at radius 1 is 0.696 bits per heavy atom. The molecule has 0 aromatic heterocycles. The van der Waals surface area contributed by atoms with Crippen molar-refractivity contribution < 1.29 is 54.0 Å². The molecule has 0 saturated carbocycles. The molecule has 0 aliphatic heterocycles. The number of rotatable bonds is 20. The molecule has 0 aliphatic rings. The predicted octanol–water partition coefficient (Wildman–Crippen LogP) is -1.22. The third-order valence-electron chi connectivity index (χ3n) is 7.10. The summed E-state index contributed by atoms with van der Waals surface area (Å²) in [4.78, 5) is 87.5. The van der Waals surface area contributed by atoms with Crippen LogP contribution in [0.15, 0.2) is 30.3 Å². The minimum Gasteiger partial charge on any atom is -0.481 e. The number of hydrogen-bond donors (Lipinski definition) is 9. The molecular weight excluding hydrogens is 606 g/mol. The third kappa shape index (κ3) is 13.6. The number of carboxylic acids is 2. The molecule has 5 amide bonds. The van der Waals surface area contributed by atoms with Gasteiger partial charge in [0, 0.05) is 19.3 Å². The van der Waals surface area contributed by atoms with E-state index in [4.69, 9.17) is 5.11 Å². The molecule has 1 rings (SSSR count). The lowest BCUT2D eigenvalue weighted by Gasteiger charge is -2.28. The monoisotopic (exact) mass is 651 g/mol. The largest absolute Gasteiger partial charge is 0.481 e. The summed E-state index contributed by atoms with van der Waals surface area (Å²) in [5, 5.41) is 49.0. The van der Waals surface area contributed by atoms with E-state index in [1.54, 1.807) is 44.2 Å². The van der Waals surface area contributed by atoms with Crippen molar-refractivity contribution in [2.45, 2.75) is 103 Å². The fraction of sp³-hybridized carbons (Fsp3) is 0.567. The molecule has 0 unspecified atom stereocenters. The van der Waals surface area contributed by atoms with Gasteiger partial charge in [-0.1, -0.05) is 57.5 Å². The molecule has 0 spiro atoms. The van der Waals surface area contributed by atoms with Gasteiger partial charge in [0.1, 0.15) is 24.2 Å². The number of aliphatic hydroxyl groups is 2. The van der Waals surface area contributed by atoms with Gasteiger partial charge >= 0.3 is 11.9 Å². The summed E-state index contributed by atoms with van der Waals surface area (Å²) >= 11 is 0. The molecule has 0 aliphatic carbocycles. The van der Waals surface area contributed by atoms with Gasteiger partial charge in [-0.05, 0) is 31.2 Å². The Balaban J connectivity index is 3.31. The molecule has 6 atom stereocenters. The Hall–Kier alpha value is -4.57. The van der Waals surface area contributed by atoms with Gasteiger partial charge in [0.25, 0.3) is 0 Å². The summed E-state index contributed by atoms with van der Waals surface area (Å²) in [7, 11) is 0. The van der Waals surface area contributed by atoms with Crippen molar-refractivity contribution in [3.05, 3.63) is 35.9 Å². The van der Waals surface area contributed by atoms with Crippen LogP contribution >= 0.6 is 0 Å². The Morgan fingerprint density at radius 3 is 1.78 bits per heavy atom. The van der Waals surface area contributed by atoms with Crippen molar-refractivity contribution in [2.24, 2.45) is 5.92 Å². The molecule has 1 aromatic rings. The summed E-state index contributed by atoms with van der Waals surface area (Å²) in [6.07, 6.45) is -2.48. The van der Waals surface area contributed by atoms with E-state index >= 15 is 0 Å². The van der Waals surface area contributed by atoms with Crippen molar-refractivity contribution in [1.29, 1.82) is 0 Å². The van der Waals surface area contributed by atoms with Crippen LogP contribution < -0.4 is 26.6 Å². The van der Waals surface area contributed by atoms with E-state index in [1.807, 2.05) is 12.2 Å². The van der Waals surface area contributed by atoms with Gasteiger partial charge < -0.3 is 47.0 Å². The molecule has 0 saturated heterocycles. The quantitative estimate of drug-likeness (QED) is 0.0755. The van der Waals surface area contributed by atoms with Crippen molar-refractivity contribution in [2.75, 3.05) is 0 Å². The second kappa shape index (κ2) is 19.7. The van der Waals surface area contributed by atoms with E-state index in [9.17, 15) is 48.9 Å². The van der Waals surface area contributed by atoms with Gasteiger partial charge in [0.05, 0.1) is 0 Å². The van der Waals surface area contributed by atoms with Crippen LogP contribution in [0.3, 0.4) is 0 Å². The molecule has 16 heteroatoms. The van der Waals surface area contributed by atoms with Crippen LogP contribution in [0.5, 0.6) is 0 Å². The minimum atomic E-state index is -2.50. The van der Waals surface area contributed by atoms with E-state index in [-0.39, 0.29) is 18.7 Å². The maximum Gasteiger partial charge on any atom is 0.331 e. The highest BCUT2D eigenvalue weighted by Gasteiger charge is 2.34. The van der Waals surface area contributed by atoms with Crippen molar-refractivity contribution >= 4 is 41.5 Å². The summed E-state index contributed by atoms with van der Waals surface area (Å²) in [5.41, 5.74) is 0.597. The van der Waals surface area contributed by atoms with Gasteiger partial charge in [0.2, 0.25) is 29.5 Å². The van der Waals surface area contributed by atoms with Crippen LogP contribution in [0.4, 0.5) is 0 Å². The topological polar surface area (TPSA) is 261 Å². The zero-order valence-corrected chi connectivity index (χ0v) is 26.3. The van der Waals surface area contributed by atoms with E-state index < -0.39 is 90.8 Å². The number of amides is 5. The minimum absolute atomic E-state index is 0.0938. The first-order valence-electron chi connectivity index (χ1n) is 15.0. The van der Waals surface area contributed by atoms with Crippen LogP contribution in [0.2, 0.25) is 0 Å². The van der Waals surface area contributed by atoms with Crippen molar-refractivity contribution in [3.63, 3.8) is 0 Å². The number of carboxylic acid groups (broad SMARTS) is 2. The zero-order chi connectivity index (χ0) is 35.0. The fourth-order valence-electron chi connectivity index (χ4n) is 4.23. The van der Waals surface area contributed by atoms with Crippen LogP contribution in [-0.4, -0.2) is 98.4 Å². The maximum absolute atomic E-state index is 13.6. The molecule has 16 nitrogen and oxygen atoms in total. The molecule has 46 heavy (non-hydrogen) atoms. The maximum atomic E-state index is 13.6. The first kappa shape index (κ1) is 39.5. The lowest BCUT2D eigenvalue weighted by atomic mass is 9.96. The third-order valence-corrected chi connectivity index (χ3v) is 7.10. The molecule has 1 aromatic carbocycles. The smallest absolute Gasteiger partial charge is 0.331 e. The van der Waals surface area contributed by atoms with Crippen molar-refractivity contribution in [1.82, 2.24) is 26.6 Å². The molecule has 0 heterocycles. The normalized spacial score (nSPS) is 14.8. The first-order chi connectivity index (χ1) is 21.6. The van der Waals surface area contributed by atoms with Gasteiger partial charge in [-0.3, -0.25) is 28.8 Å². The predicted molar refractivity (Wildman–Crippen MR) is 163 cm³/mol. The van der Waals surface area contributed by atoms with Gasteiger partial charge in [-0.25, -0.2) is 4.79 Å². The van der Waals surface area contributed by atoms with Gasteiger partial charge in [-0.2, -0.15) is 0 Å². The number of hydrogen-bond acceptors (Lipinski definition) is 9. The fourth-order valence-corrected chi connectivity index (χ4v) is 4.23. The molecule has 0 fully saturated rings. The summed E-state index contributed by atoms with van der Waals surface area (Å²) < 4.78 is 0. The Kier molecular flexibility index (Phi) is 16.9. The highest BCUT2D eigenvalue weighted by Crippen LogP contribution is 2.11. The van der Waals surface area contributed by atoms with Gasteiger partial charge in [-0.15, -0.1) is 0 Å². The lowest BCUT2D eigenvalue weighted by molar-refractivity contribution is -0.155. The molecule has 0 radical (unpaired) electrons. The molecule has 9 N–H and O–H groups in total. The molecule has 256 valence electrons. The van der Waals surface area contributed by atoms with Crippen LogP contribution in [0.1, 0.15) is 65.4 Å². The Labute approximate surface area is 266 Å². The summed E-state index contributed by atoms with van der Waals surface area (Å²) in [6.45, 7) is 6.77. The zero-order valence-electron chi connectivity index (χ0n) is 26.3. The highest BCUT2D eigenvalue weighted by atomic mass is 16.5. The number of nitrogens with one attached hydrogen (secondary N) is 5. The van der Waals surface area contributed by atoms with Crippen LogP contribution in [-0.2, 0) is 40.0 Å². The SMILES string of the molecule is CCCC(=O)N[C@@H](C)C(=O)N[C@H](C(=O)N[C@@H](Cc1ccccc1)C(=O)N[C@@H](CCC(=O)O)C(=O)N[C@H](C(=O)O)C(O)O)[C@@H](C)CC. The lowest BCUT2D eigenvalue weighted by Crippen LogP contribution is -2.60. The molecule has 0 bridgehead atoms. The number of aliphatic hydroxyl groups excluding tert-OH is 1. The van der Waals surface area contributed by atoms with E-state index in [0.717, 1.165) is 0 Å². The summed E-state index contributed by atoms with van der Waals surface area (Å²) in [6, 6.07) is 1.19. The number of aliphatic carboxylic acids is 2. The Morgan fingerprint density at radius 2 is 1.26 bits per heavy atom. The number of carbonyl (C=O) groups is 7. The first-order valence-corrected chi connectivity index (χ1v) is 15.0. The van der Waals surface area contributed by atoms with Crippen LogP contribution in [0.25, 0.3) is 0 Å². The van der Waals surface area contributed by atoms with E-state index in [0.29, 0.717) is 18.4 Å². The average molecular weight is 652 g/mol. The highest BCUT2D eigenvalue weighted by molar-refractivity contribution is 5.96. The number of carbonyl (C=O) groups excluding carboxylic acids is 5. The van der Waals surface area contributed by atoms with Gasteiger partial charge in [0.15, 0.2) is 12.3 Å². The second-order valence-corrected chi connectivity index (χ2v) is 10.9. The van der Waals surface area contributed by atoms with Crippen molar-refractivity contribution in [3.8, 4) is 0 Å². The van der Waals surface area contributed by atoms with E-state index in [1.165, 1.54) is 6.92 Å². The van der Waals surface area contributed by atoms with E-state index in [2.05, 4.69) is 21.3 Å².